The van der Waals surface area contributed by atoms with Crippen molar-refractivity contribution in [1.29, 1.82) is 0 Å². The average molecular weight is 426 g/mol. The zero-order chi connectivity index (χ0) is 22.0. The smallest absolute Gasteiger partial charge is 0.411 e. The molecule has 0 spiro atoms. The van der Waals surface area contributed by atoms with E-state index in [2.05, 4.69) is 15.1 Å². The first-order chi connectivity index (χ1) is 14.8. The van der Waals surface area contributed by atoms with Gasteiger partial charge in [0.15, 0.2) is 0 Å². The van der Waals surface area contributed by atoms with E-state index >= 15 is 0 Å². The van der Waals surface area contributed by atoms with Crippen molar-refractivity contribution >= 4 is 6.09 Å². The zero-order valence-electron chi connectivity index (χ0n) is 17.5. The second-order valence-corrected chi connectivity index (χ2v) is 8.16. The van der Waals surface area contributed by atoms with E-state index in [0.717, 1.165) is 11.1 Å². The third-order valence-corrected chi connectivity index (χ3v) is 4.63. The summed E-state index contributed by atoms with van der Waals surface area (Å²) in [5.74, 6) is 0.223. The van der Waals surface area contributed by atoms with Crippen molar-refractivity contribution < 1.29 is 23.2 Å². The summed E-state index contributed by atoms with van der Waals surface area (Å²) in [4.78, 5) is 22.9. The van der Waals surface area contributed by atoms with Gasteiger partial charge < -0.3 is 14.0 Å². The molecule has 162 valence electrons. The second-order valence-electron chi connectivity index (χ2n) is 8.16. The van der Waals surface area contributed by atoms with Gasteiger partial charge in [-0.15, -0.1) is 0 Å². The standard InChI is InChI=1S/C22H23FN4O4/c1-22(2,3)30-21(28)27-9-10-29-13-18(27)20-25-19(26-31-20)17-8-7-15(12-24-17)14-5-4-6-16(23)11-14/h4-8,11-12,18H,9-10,13H2,1-3H3. The van der Waals surface area contributed by atoms with E-state index in [1.165, 1.54) is 17.0 Å². The normalized spacial score (nSPS) is 16.9. The topological polar surface area (TPSA) is 90.6 Å². The molecule has 3 heterocycles. The number of morpholine rings is 1. The Morgan fingerprint density at radius 2 is 2.06 bits per heavy atom. The highest BCUT2D eigenvalue weighted by molar-refractivity contribution is 5.69. The maximum absolute atomic E-state index is 13.5. The van der Waals surface area contributed by atoms with Crippen molar-refractivity contribution in [2.45, 2.75) is 32.4 Å². The maximum Gasteiger partial charge on any atom is 0.411 e. The Balaban J connectivity index is 1.53. The summed E-state index contributed by atoms with van der Waals surface area (Å²) in [5.41, 5.74) is 1.37. The van der Waals surface area contributed by atoms with Crippen molar-refractivity contribution in [1.82, 2.24) is 20.0 Å². The summed E-state index contributed by atoms with van der Waals surface area (Å²) >= 11 is 0. The van der Waals surface area contributed by atoms with E-state index in [9.17, 15) is 9.18 Å². The number of carbonyl (C=O) groups is 1. The molecule has 1 amide bonds. The van der Waals surface area contributed by atoms with Crippen LogP contribution >= 0.6 is 0 Å². The summed E-state index contributed by atoms with van der Waals surface area (Å²) < 4.78 is 29.9. The molecule has 0 saturated carbocycles. The number of benzene rings is 1. The number of hydrogen-bond donors (Lipinski definition) is 0. The molecule has 0 bridgehead atoms. The number of pyridine rings is 1. The fraction of sp³-hybridized carbons (Fsp3) is 0.364. The molecular formula is C22H23FN4O4. The van der Waals surface area contributed by atoms with Gasteiger partial charge in [-0.1, -0.05) is 23.4 Å². The fourth-order valence-electron chi connectivity index (χ4n) is 3.19. The lowest BCUT2D eigenvalue weighted by atomic mass is 10.1. The van der Waals surface area contributed by atoms with Gasteiger partial charge >= 0.3 is 6.09 Å². The molecule has 2 aromatic heterocycles. The van der Waals surface area contributed by atoms with Crippen molar-refractivity contribution in [3.8, 4) is 22.6 Å². The highest BCUT2D eigenvalue weighted by atomic mass is 19.1. The Labute approximate surface area is 179 Å². The van der Waals surface area contributed by atoms with E-state index in [1.54, 1.807) is 24.4 Å². The molecular weight excluding hydrogens is 403 g/mol. The highest BCUT2D eigenvalue weighted by Gasteiger charge is 2.35. The molecule has 4 rings (SSSR count). The van der Waals surface area contributed by atoms with Gasteiger partial charge in [0.1, 0.15) is 23.2 Å². The predicted molar refractivity (Wildman–Crippen MR) is 109 cm³/mol. The molecule has 1 aliphatic rings. The minimum atomic E-state index is -0.618. The number of hydrogen-bond acceptors (Lipinski definition) is 7. The van der Waals surface area contributed by atoms with Crippen molar-refractivity contribution in [2.75, 3.05) is 19.8 Å². The minimum absolute atomic E-state index is 0.229. The number of carbonyl (C=O) groups excluding carboxylic acids is 1. The fourth-order valence-corrected chi connectivity index (χ4v) is 3.19. The summed E-state index contributed by atoms with van der Waals surface area (Å²) in [7, 11) is 0. The third kappa shape index (κ3) is 4.88. The molecule has 31 heavy (non-hydrogen) atoms. The van der Waals surface area contributed by atoms with Gasteiger partial charge in [0.25, 0.3) is 5.89 Å². The first-order valence-corrected chi connectivity index (χ1v) is 9.93. The van der Waals surface area contributed by atoms with E-state index in [-0.39, 0.29) is 24.1 Å². The van der Waals surface area contributed by atoms with E-state index in [4.69, 9.17) is 14.0 Å². The number of amides is 1. The lowest BCUT2D eigenvalue weighted by molar-refractivity contribution is -0.0401. The Bertz CT molecular complexity index is 1060. The van der Waals surface area contributed by atoms with E-state index in [0.29, 0.717) is 18.8 Å². The van der Waals surface area contributed by atoms with Crippen LogP contribution in [0.4, 0.5) is 9.18 Å². The highest BCUT2D eigenvalue weighted by Crippen LogP contribution is 2.27. The summed E-state index contributed by atoms with van der Waals surface area (Å²) in [6, 6.07) is 9.28. The molecule has 1 fully saturated rings. The molecule has 1 aliphatic heterocycles. The van der Waals surface area contributed by atoms with Gasteiger partial charge in [-0.3, -0.25) is 9.88 Å². The number of ether oxygens (including phenoxy) is 2. The number of nitrogens with zero attached hydrogens (tertiary/aromatic N) is 4. The van der Waals surface area contributed by atoms with Crippen LogP contribution in [0, 0.1) is 5.82 Å². The Morgan fingerprint density at radius 1 is 1.23 bits per heavy atom. The van der Waals surface area contributed by atoms with Gasteiger partial charge in [0.05, 0.1) is 13.2 Å². The maximum atomic E-state index is 13.5. The van der Waals surface area contributed by atoms with Crippen LogP contribution < -0.4 is 0 Å². The number of rotatable bonds is 3. The van der Waals surface area contributed by atoms with Crippen molar-refractivity contribution in [3.63, 3.8) is 0 Å². The van der Waals surface area contributed by atoms with Gasteiger partial charge in [0, 0.05) is 18.3 Å². The molecule has 1 aromatic carbocycles. The van der Waals surface area contributed by atoms with Crippen LogP contribution in [0.2, 0.25) is 0 Å². The molecule has 9 heteroatoms. The molecule has 3 aromatic rings. The van der Waals surface area contributed by atoms with Gasteiger partial charge in [-0.25, -0.2) is 9.18 Å². The largest absolute Gasteiger partial charge is 0.444 e. The van der Waals surface area contributed by atoms with Crippen molar-refractivity contribution in [3.05, 3.63) is 54.3 Å². The third-order valence-electron chi connectivity index (χ3n) is 4.63. The molecule has 0 radical (unpaired) electrons. The second kappa shape index (κ2) is 8.43. The Hall–Kier alpha value is -3.33. The summed E-state index contributed by atoms with van der Waals surface area (Å²) in [5, 5.41) is 4.00. The number of aromatic nitrogens is 3. The molecule has 0 N–H and O–H groups in total. The molecule has 8 nitrogen and oxygen atoms in total. The molecule has 1 unspecified atom stereocenters. The van der Waals surface area contributed by atoms with Gasteiger partial charge in [-0.2, -0.15) is 4.98 Å². The number of halogens is 1. The molecule has 1 saturated heterocycles. The lowest BCUT2D eigenvalue weighted by Gasteiger charge is -2.34. The van der Waals surface area contributed by atoms with Crippen LogP contribution in [0.3, 0.4) is 0 Å². The Morgan fingerprint density at radius 3 is 2.77 bits per heavy atom. The van der Waals surface area contributed by atoms with Crippen LogP contribution in [0.15, 0.2) is 47.1 Å². The lowest BCUT2D eigenvalue weighted by Crippen LogP contribution is -2.45. The average Bonchev–Trinajstić information content (AvgIpc) is 3.23. The first kappa shape index (κ1) is 20.9. The van der Waals surface area contributed by atoms with Gasteiger partial charge in [-0.05, 0) is 44.5 Å². The quantitative estimate of drug-likeness (QED) is 0.618. The van der Waals surface area contributed by atoms with E-state index < -0.39 is 17.7 Å². The monoisotopic (exact) mass is 426 g/mol. The van der Waals surface area contributed by atoms with Crippen LogP contribution in [0.25, 0.3) is 22.6 Å². The summed E-state index contributed by atoms with van der Waals surface area (Å²) in [6.45, 7) is 6.42. The summed E-state index contributed by atoms with van der Waals surface area (Å²) in [6.07, 6.45) is 1.16. The zero-order valence-corrected chi connectivity index (χ0v) is 17.5. The minimum Gasteiger partial charge on any atom is -0.444 e. The predicted octanol–water partition coefficient (Wildman–Crippen LogP) is 4.25. The molecule has 0 aliphatic carbocycles. The van der Waals surface area contributed by atoms with Gasteiger partial charge in [0.2, 0.25) is 5.82 Å². The molecule has 1 atom stereocenters. The first-order valence-electron chi connectivity index (χ1n) is 9.93. The van der Waals surface area contributed by atoms with E-state index in [1.807, 2.05) is 26.8 Å². The Kier molecular flexibility index (Phi) is 5.69. The van der Waals surface area contributed by atoms with Crippen molar-refractivity contribution in [2.24, 2.45) is 0 Å². The van der Waals surface area contributed by atoms with Crippen LogP contribution in [-0.4, -0.2) is 51.5 Å². The van der Waals surface area contributed by atoms with Crippen LogP contribution in [0.1, 0.15) is 32.7 Å². The van der Waals surface area contributed by atoms with Crippen LogP contribution in [0.5, 0.6) is 0 Å². The van der Waals surface area contributed by atoms with Crippen LogP contribution in [-0.2, 0) is 9.47 Å². The SMILES string of the molecule is CC(C)(C)OC(=O)N1CCOCC1c1nc(-c2ccc(-c3cccc(F)c3)cn2)no1.